The molecule has 1 rings (SSSR count). The average molecular weight is 409 g/mol. The van der Waals surface area contributed by atoms with E-state index in [1.807, 2.05) is 12.1 Å². The Bertz CT molecular complexity index is 439. The van der Waals surface area contributed by atoms with Gasteiger partial charge in [-0.3, -0.25) is 0 Å². The highest BCUT2D eigenvalue weighted by atomic mass is 79.9. The van der Waals surface area contributed by atoms with Crippen LogP contribution in [0.1, 0.15) is 40.2 Å². The second-order valence-corrected chi connectivity index (χ2v) is 8.30. The first-order valence-electron chi connectivity index (χ1n) is 6.56. The third-order valence-corrected chi connectivity index (χ3v) is 3.63. The van der Waals surface area contributed by atoms with Crippen LogP contribution in [0.2, 0.25) is 0 Å². The van der Waals surface area contributed by atoms with E-state index in [-0.39, 0.29) is 12.1 Å². The van der Waals surface area contributed by atoms with E-state index in [2.05, 4.69) is 57.9 Å². The van der Waals surface area contributed by atoms with Crippen molar-refractivity contribution in [3.63, 3.8) is 0 Å². The van der Waals surface area contributed by atoms with Gasteiger partial charge in [-0.2, -0.15) is 0 Å². The number of hydrogen-bond donors (Lipinski definition) is 2. The summed E-state index contributed by atoms with van der Waals surface area (Å²) in [5, 5.41) is 13.2. The minimum Gasteiger partial charge on any atom is -0.488 e. The molecule has 0 aromatic heterocycles. The van der Waals surface area contributed by atoms with Crippen molar-refractivity contribution in [3.8, 4) is 5.75 Å². The predicted molar refractivity (Wildman–Crippen MR) is 90.2 cm³/mol. The summed E-state index contributed by atoms with van der Waals surface area (Å²) in [7, 11) is 0. The van der Waals surface area contributed by atoms with E-state index >= 15 is 0 Å². The Kier molecular flexibility index (Phi) is 6.08. The van der Waals surface area contributed by atoms with E-state index in [1.165, 1.54) is 0 Å². The number of ether oxygens (including phenoxy) is 1. The van der Waals surface area contributed by atoms with E-state index in [9.17, 15) is 5.11 Å². The van der Waals surface area contributed by atoms with Crippen LogP contribution in [0.5, 0.6) is 5.75 Å². The Balaban J connectivity index is 2.81. The molecular formula is C15H23Br2NO2. The summed E-state index contributed by atoms with van der Waals surface area (Å²) >= 11 is 7.04. The molecule has 0 saturated heterocycles. The summed E-state index contributed by atoms with van der Waals surface area (Å²) < 4.78 is 7.42. The number of hydrogen-bond acceptors (Lipinski definition) is 3. The van der Waals surface area contributed by atoms with Crippen molar-refractivity contribution in [3.05, 3.63) is 26.6 Å². The van der Waals surface area contributed by atoms with Crippen molar-refractivity contribution >= 4 is 31.9 Å². The van der Waals surface area contributed by atoms with Crippen LogP contribution in [0.3, 0.4) is 0 Å². The summed E-state index contributed by atoms with van der Waals surface area (Å²) in [6.07, 6.45) is 0. The van der Waals surface area contributed by atoms with Crippen LogP contribution in [0.4, 0.5) is 0 Å². The molecule has 0 amide bonds. The van der Waals surface area contributed by atoms with Crippen LogP contribution in [-0.4, -0.2) is 22.9 Å². The summed E-state index contributed by atoms with van der Waals surface area (Å²) in [4.78, 5) is 0. The van der Waals surface area contributed by atoms with Gasteiger partial charge in [-0.1, -0.05) is 0 Å². The molecule has 0 radical (unpaired) electrons. The maximum Gasteiger partial charge on any atom is 0.147 e. The largest absolute Gasteiger partial charge is 0.488 e. The molecule has 0 aliphatic rings. The van der Waals surface area contributed by atoms with Gasteiger partial charge in [-0.25, -0.2) is 0 Å². The molecule has 0 unspecified atom stereocenters. The zero-order valence-corrected chi connectivity index (χ0v) is 15.9. The van der Waals surface area contributed by atoms with Crippen molar-refractivity contribution in [2.75, 3.05) is 6.61 Å². The first-order valence-corrected chi connectivity index (χ1v) is 8.15. The smallest absolute Gasteiger partial charge is 0.147 e. The first-order chi connectivity index (χ1) is 8.98. The van der Waals surface area contributed by atoms with Crippen molar-refractivity contribution < 1.29 is 9.84 Å². The molecule has 0 aliphatic carbocycles. The lowest BCUT2D eigenvalue weighted by Crippen LogP contribution is -2.35. The second-order valence-electron chi connectivity index (χ2n) is 6.59. The number of aliphatic hydroxyl groups is 1. The van der Waals surface area contributed by atoms with Crippen LogP contribution in [0.25, 0.3) is 0 Å². The molecule has 0 atom stereocenters. The second kappa shape index (κ2) is 6.77. The van der Waals surface area contributed by atoms with Gasteiger partial charge >= 0.3 is 0 Å². The molecule has 3 nitrogen and oxygen atoms in total. The van der Waals surface area contributed by atoms with Gasteiger partial charge in [0, 0.05) is 12.1 Å². The first kappa shape index (κ1) is 18.0. The van der Waals surface area contributed by atoms with Gasteiger partial charge in [0.25, 0.3) is 0 Å². The molecular weight excluding hydrogens is 386 g/mol. The topological polar surface area (TPSA) is 41.5 Å². The molecule has 114 valence electrons. The lowest BCUT2D eigenvalue weighted by Gasteiger charge is -2.22. The van der Waals surface area contributed by atoms with E-state index in [0.717, 1.165) is 21.1 Å². The fourth-order valence-electron chi connectivity index (χ4n) is 1.47. The molecule has 20 heavy (non-hydrogen) atoms. The van der Waals surface area contributed by atoms with Crippen molar-refractivity contribution in [1.82, 2.24) is 5.32 Å². The Morgan fingerprint density at radius 3 is 2.00 bits per heavy atom. The summed E-state index contributed by atoms with van der Waals surface area (Å²) in [5.74, 6) is 0.714. The molecule has 0 spiro atoms. The zero-order valence-electron chi connectivity index (χ0n) is 12.7. The highest BCUT2D eigenvalue weighted by Crippen LogP contribution is 2.35. The molecule has 1 aromatic carbocycles. The van der Waals surface area contributed by atoms with Gasteiger partial charge in [-0.05, 0) is 84.2 Å². The Hall–Kier alpha value is -0.100. The molecule has 0 aliphatic heterocycles. The molecule has 0 bridgehead atoms. The predicted octanol–water partition coefficient (Wildman–Crippen LogP) is 4.25. The highest BCUT2D eigenvalue weighted by Gasteiger charge is 2.17. The van der Waals surface area contributed by atoms with Gasteiger partial charge in [0.15, 0.2) is 0 Å². The normalized spacial score (nSPS) is 12.6. The average Bonchev–Trinajstić information content (AvgIpc) is 2.22. The lowest BCUT2D eigenvalue weighted by atomic mass is 10.1. The fourth-order valence-corrected chi connectivity index (χ4v) is 2.98. The maximum atomic E-state index is 9.72. The fraction of sp³-hybridized carbons (Fsp3) is 0.600. The van der Waals surface area contributed by atoms with Crippen LogP contribution in [0.15, 0.2) is 21.1 Å². The summed E-state index contributed by atoms with van der Waals surface area (Å²) in [6, 6.07) is 4.06. The molecule has 0 fully saturated rings. The van der Waals surface area contributed by atoms with Crippen molar-refractivity contribution in [2.24, 2.45) is 0 Å². The lowest BCUT2D eigenvalue weighted by molar-refractivity contribution is 0.0279. The number of halogens is 2. The Labute approximate surface area is 138 Å². The Morgan fingerprint density at radius 1 is 1.10 bits per heavy atom. The number of nitrogens with one attached hydrogen (secondary N) is 1. The third kappa shape index (κ3) is 6.57. The minimum atomic E-state index is -0.856. The molecule has 1 aromatic rings. The maximum absolute atomic E-state index is 9.72. The summed E-state index contributed by atoms with van der Waals surface area (Å²) in [6.45, 7) is 10.9. The number of rotatable bonds is 5. The summed E-state index contributed by atoms with van der Waals surface area (Å²) in [5.41, 5.74) is 0.384. The molecule has 5 heteroatoms. The van der Waals surface area contributed by atoms with Crippen LogP contribution < -0.4 is 10.1 Å². The van der Waals surface area contributed by atoms with Crippen molar-refractivity contribution in [1.29, 1.82) is 0 Å². The Morgan fingerprint density at radius 2 is 1.60 bits per heavy atom. The van der Waals surface area contributed by atoms with Crippen LogP contribution in [0, 0.1) is 0 Å². The highest BCUT2D eigenvalue weighted by molar-refractivity contribution is 9.11. The van der Waals surface area contributed by atoms with Gasteiger partial charge in [0.2, 0.25) is 0 Å². The standard InChI is InChI=1S/C15H23Br2NO2/c1-14(2,3)18-8-10-6-11(16)13(12(17)7-10)20-9-15(4,5)19/h6-7,18-19H,8-9H2,1-5H3. The minimum absolute atomic E-state index is 0.0784. The van der Waals surface area contributed by atoms with Crippen LogP contribution in [-0.2, 0) is 6.54 Å². The van der Waals surface area contributed by atoms with Gasteiger partial charge in [0.05, 0.1) is 14.5 Å². The van der Waals surface area contributed by atoms with Gasteiger partial charge < -0.3 is 15.2 Å². The van der Waals surface area contributed by atoms with Gasteiger partial charge in [-0.15, -0.1) is 0 Å². The van der Waals surface area contributed by atoms with E-state index < -0.39 is 5.60 Å². The zero-order chi connectivity index (χ0) is 15.6. The quantitative estimate of drug-likeness (QED) is 0.765. The van der Waals surface area contributed by atoms with E-state index in [4.69, 9.17) is 4.74 Å². The molecule has 2 N–H and O–H groups in total. The van der Waals surface area contributed by atoms with E-state index in [1.54, 1.807) is 13.8 Å². The number of benzene rings is 1. The van der Waals surface area contributed by atoms with Crippen molar-refractivity contribution in [2.45, 2.75) is 52.3 Å². The van der Waals surface area contributed by atoms with Gasteiger partial charge in [0.1, 0.15) is 12.4 Å². The van der Waals surface area contributed by atoms with Crippen LogP contribution >= 0.6 is 31.9 Å². The third-order valence-electron chi connectivity index (χ3n) is 2.45. The van der Waals surface area contributed by atoms with E-state index in [0.29, 0.717) is 5.75 Å². The molecule has 0 heterocycles. The SMILES string of the molecule is CC(C)(O)COc1c(Br)cc(CNC(C)(C)C)cc1Br. The monoisotopic (exact) mass is 407 g/mol. The molecule has 0 saturated carbocycles.